The molecule has 0 amide bonds. The topological polar surface area (TPSA) is 60.2 Å². The summed E-state index contributed by atoms with van der Waals surface area (Å²) in [5.41, 5.74) is 2.28. The molecule has 3 aromatic rings. The highest BCUT2D eigenvalue weighted by atomic mass is 19.1. The molecule has 3 rings (SSSR count). The third-order valence-electron chi connectivity index (χ3n) is 3.31. The molecule has 0 saturated heterocycles. The largest absolute Gasteiger partial charge is 0.380 e. The average molecular weight is 313 g/mol. The second-order valence-corrected chi connectivity index (χ2v) is 5.00. The molecule has 118 valence electrons. The van der Waals surface area contributed by atoms with Crippen molar-refractivity contribution in [1.29, 1.82) is 0 Å². The predicted octanol–water partition coefficient (Wildman–Crippen LogP) is 3.63. The van der Waals surface area contributed by atoms with Gasteiger partial charge in [0.25, 0.3) is 11.8 Å². The van der Waals surface area contributed by atoms with Crippen molar-refractivity contribution < 1.29 is 13.7 Å². The fourth-order valence-corrected chi connectivity index (χ4v) is 2.18. The molecule has 0 bridgehead atoms. The van der Waals surface area contributed by atoms with E-state index in [0.29, 0.717) is 23.9 Å². The van der Waals surface area contributed by atoms with Gasteiger partial charge in [-0.25, -0.2) is 4.39 Å². The van der Waals surface area contributed by atoms with Crippen LogP contribution in [0.15, 0.2) is 53.1 Å². The summed E-state index contributed by atoms with van der Waals surface area (Å²) in [6.07, 6.45) is 0. The zero-order valence-electron chi connectivity index (χ0n) is 12.6. The van der Waals surface area contributed by atoms with Crippen LogP contribution in [0.25, 0.3) is 11.5 Å². The lowest BCUT2D eigenvalue weighted by atomic mass is 10.1. The fourth-order valence-electron chi connectivity index (χ4n) is 2.18. The molecule has 0 saturated carbocycles. The maximum absolute atomic E-state index is 13.6. The van der Waals surface area contributed by atoms with Crippen LogP contribution in [0.4, 0.5) is 10.3 Å². The summed E-state index contributed by atoms with van der Waals surface area (Å²) in [5, 5.41) is 6.95. The smallest absolute Gasteiger partial charge is 0.264 e. The van der Waals surface area contributed by atoms with E-state index in [2.05, 4.69) is 15.5 Å². The zero-order valence-corrected chi connectivity index (χ0v) is 12.6. The minimum atomic E-state index is -0.276. The third-order valence-corrected chi connectivity index (χ3v) is 3.31. The number of methoxy groups -OCH3 is 1. The number of benzene rings is 2. The molecule has 1 aromatic heterocycles. The van der Waals surface area contributed by atoms with Crippen LogP contribution in [-0.4, -0.2) is 17.3 Å². The summed E-state index contributed by atoms with van der Waals surface area (Å²) < 4.78 is 23.8. The second kappa shape index (κ2) is 7.02. The molecule has 0 aliphatic carbocycles. The average Bonchev–Trinajstić information content (AvgIpc) is 3.06. The quantitative estimate of drug-likeness (QED) is 0.753. The van der Waals surface area contributed by atoms with Gasteiger partial charge < -0.3 is 14.6 Å². The number of hydrogen-bond acceptors (Lipinski definition) is 5. The number of aromatic nitrogens is 2. The Hall–Kier alpha value is -2.73. The summed E-state index contributed by atoms with van der Waals surface area (Å²) in [6, 6.07) is 14.4. The molecule has 0 radical (unpaired) electrons. The van der Waals surface area contributed by atoms with Crippen molar-refractivity contribution in [2.24, 2.45) is 0 Å². The standard InChI is InChI=1S/C17H16FN3O2/c1-22-11-14-9-12(7-8-15(14)18)10-19-17-20-16(23-21-17)13-5-3-2-4-6-13/h2-9H,10-11H2,1H3,(H,19,21). The van der Waals surface area contributed by atoms with E-state index in [1.165, 1.54) is 13.2 Å². The summed E-state index contributed by atoms with van der Waals surface area (Å²) in [6.45, 7) is 0.699. The molecule has 23 heavy (non-hydrogen) atoms. The van der Waals surface area contributed by atoms with Gasteiger partial charge >= 0.3 is 0 Å². The van der Waals surface area contributed by atoms with Crippen LogP contribution in [0.1, 0.15) is 11.1 Å². The first-order valence-corrected chi connectivity index (χ1v) is 7.15. The lowest BCUT2D eigenvalue weighted by molar-refractivity contribution is 0.181. The highest BCUT2D eigenvalue weighted by Gasteiger charge is 2.08. The molecule has 0 spiro atoms. The van der Waals surface area contributed by atoms with Crippen LogP contribution >= 0.6 is 0 Å². The number of anilines is 1. The highest BCUT2D eigenvalue weighted by molar-refractivity contribution is 5.53. The fraction of sp³-hybridized carbons (Fsp3) is 0.176. The van der Waals surface area contributed by atoms with Crippen molar-refractivity contribution in [3.63, 3.8) is 0 Å². The van der Waals surface area contributed by atoms with Gasteiger partial charge in [0.1, 0.15) is 5.82 Å². The number of nitrogens with zero attached hydrogens (tertiary/aromatic N) is 2. The number of ether oxygens (including phenoxy) is 1. The van der Waals surface area contributed by atoms with E-state index >= 15 is 0 Å². The molecular weight excluding hydrogens is 297 g/mol. The molecule has 0 aliphatic heterocycles. The third kappa shape index (κ3) is 3.73. The van der Waals surface area contributed by atoms with E-state index in [-0.39, 0.29) is 12.4 Å². The minimum absolute atomic E-state index is 0.236. The Bertz CT molecular complexity index is 775. The van der Waals surface area contributed by atoms with E-state index in [9.17, 15) is 4.39 Å². The molecule has 0 aliphatic rings. The van der Waals surface area contributed by atoms with Gasteiger partial charge in [0.2, 0.25) is 0 Å². The van der Waals surface area contributed by atoms with Gasteiger partial charge in [-0.15, -0.1) is 0 Å². The first-order chi connectivity index (χ1) is 11.3. The van der Waals surface area contributed by atoms with E-state index in [1.807, 2.05) is 30.3 Å². The minimum Gasteiger partial charge on any atom is -0.380 e. The number of halogens is 1. The second-order valence-electron chi connectivity index (χ2n) is 5.00. The van der Waals surface area contributed by atoms with Gasteiger partial charge in [0.05, 0.1) is 6.61 Å². The van der Waals surface area contributed by atoms with Gasteiger partial charge in [0, 0.05) is 24.8 Å². The normalized spacial score (nSPS) is 10.7. The van der Waals surface area contributed by atoms with Gasteiger partial charge in [-0.2, -0.15) is 4.98 Å². The molecule has 1 N–H and O–H groups in total. The molecule has 0 fully saturated rings. The van der Waals surface area contributed by atoms with E-state index in [0.717, 1.165) is 11.1 Å². The Balaban J connectivity index is 1.67. The van der Waals surface area contributed by atoms with Gasteiger partial charge in [-0.05, 0) is 35.0 Å². The molecule has 5 nitrogen and oxygen atoms in total. The van der Waals surface area contributed by atoms with E-state index in [1.54, 1.807) is 12.1 Å². The summed E-state index contributed by atoms with van der Waals surface area (Å²) in [5.74, 6) is 0.565. The Morgan fingerprint density at radius 2 is 2.00 bits per heavy atom. The van der Waals surface area contributed by atoms with Crippen molar-refractivity contribution in [3.8, 4) is 11.5 Å². The summed E-state index contributed by atoms with van der Waals surface area (Å²) >= 11 is 0. The van der Waals surface area contributed by atoms with E-state index < -0.39 is 0 Å². The molecule has 0 unspecified atom stereocenters. The van der Waals surface area contributed by atoms with E-state index in [4.69, 9.17) is 9.26 Å². The van der Waals surface area contributed by atoms with Crippen LogP contribution in [0.2, 0.25) is 0 Å². The predicted molar refractivity (Wildman–Crippen MR) is 84.2 cm³/mol. The first kappa shape index (κ1) is 15.2. The summed E-state index contributed by atoms with van der Waals surface area (Å²) in [4.78, 5) is 4.28. The number of hydrogen-bond donors (Lipinski definition) is 1. The van der Waals surface area contributed by atoms with Gasteiger partial charge in [-0.1, -0.05) is 24.3 Å². The van der Waals surface area contributed by atoms with Crippen LogP contribution in [-0.2, 0) is 17.9 Å². The maximum Gasteiger partial charge on any atom is 0.264 e. The maximum atomic E-state index is 13.6. The highest BCUT2D eigenvalue weighted by Crippen LogP contribution is 2.18. The molecule has 0 atom stereocenters. The zero-order chi connectivity index (χ0) is 16.1. The van der Waals surface area contributed by atoms with Crippen LogP contribution < -0.4 is 5.32 Å². The lowest BCUT2D eigenvalue weighted by Crippen LogP contribution is -2.03. The van der Waals surface area contributed by atoms with Crippen molar-refractivity contribution >= 4 is 5.95 Å². The lowest BCUT2D eigenvalue weighted by Gasteiger charge is -2.06. The van der Waals surface area contributed by atoms with Crippen molar-refractivity contribution in [2.45, 2.75) is 13.2 Å². The Morgan fingerprint density at radius 1 is 1.17 bits per heavy atom. The monoisotopic (exact) mass is 313 g/mol. The SMILES string of the molecule is COCc1cc(CNc2noc(-c3ccccc3)n2)ccc1F. The van der Waals surface area contributed by atoms with Gasteiger partial charge in [0.15, 0.2) is 0 Å². The Morgan fingerprint density at radius 3 is 2.78 bits per heavy atom. The first-order valence-electron chi connectivity index (χ1n) is 7.15. The molecule has 1 heterocycles. The van der Waals surface area contributed by atoms with Crippen molar-refractivity contribution in [1.82, 2.24) is 10.1 Å². The molecular formula is C17H16FN3O2. The van der Waals surface area contributed by atoms with Crippen molar-refractivity contribution in [2.75, 3.05) is 12.4 Å². The van der Waals surface area contributed by atoms with Crippen molar-refractivity contribution in [3.05, 3.63) is 65.5 Å². The van der Waals surface area contributed by atoms with Crippen LogP contribution in [0, 0.1) is 5.82 Å². The summed E-state index contributed by atoms with van der Waals surface area (Å²) in [7, 11) is 1.54. The van der Waals surface area contributed by atoms with Crippen LogP contribution in [0.3, 0.4) is 0 Å². The van der Waals surface area contributed by atoms with Crippen LogP contribution in [0.5, 0.6) is 0 Å². The van der Waals surface area contributed by atoms with Gasteiger partial charge in [-0.3, -0.25) is 0 Å². The number of rotatable bonds is 6. The molecule has 6 heteroatoms. The number of nitrogens with one attached hydrogen (secondary N) is 1. The molecule has 2 aromatic carbocycles. The Kier molecular flexibility index (Phi) is 4.63. The Labute approximate surface area is 133 Å².